The molecule has 0 heterocycles. The van der Waals surface area contributed by atoms with E-state index in [1.165, 1.54) is 25.7 Å². The molecule has 0 saturated heterocycles. The number of hydrogen-bond donors (Lipinski definition) is 1. The van der Waals surface area contributed by atoms with Gasteiger partial charge in [0.15, 0.2) is 0 Å². The van der Waals surface area contributed by atoms with Gasteiger partial charge in [-0.15, -0.1) is 0 Å². The number of ketones is 1. The lowest BCUT2D eigenvalue weighted by Crippen LogP contribution is -2.13. The molecule has 0 radical (unpaired) electrons. The molecule has 0 spiro atoms. The van der Waals surface area contributed by atoms with E-state index in [2.05, 4.69) is 19.1 Å². The van der Waals surface area contributed by atoms with Gasteiger partial charge in [0.25, 0.3) is 0 Å². The number of carbonyl (C=O) groups excluding carboxylic acids is 1. The van der Waals surface area contributed by atoms with Gasteiger partial charge in [0.1, 0.15) is 5.78 Å². The number of carboxylic acid groups (broad SMARTS) is 1. The third kappa shape index (κ3) is 8.92. The lowest BCUT2D eigenvalue weighted by atomic mass is 9.89. The van der Waals surface area contributed by atoms with E-state index >= 15 is 0 Å². The van der Waals surface area contributed by atoms with Crippen molar-refractivity contribution in [3.8, 4) is 0 Å². The average molecular weight is 322 g/mol. The molecule has 23 heavy (non-hydrogen) atoms. The predicted molar refractivity (Wildman–Crippen MR) is 94.5 cm³/mol. The van der Waals surface area contributed by atoms with Crippen LogP contribution >= 0.6 is 0 Å². The number of carbonyl (C=O) groups is 2. The SMILES string of the molecule is CCCCCCC=C[C@H]1CCC(=O)[C@@H]1CCCCCCC(=O)O. The van der Waals surface area contributed by atoms with Gasteiger partial charge in [-0.05, 0) is 38.0 Å². The summed E-state index contributed by atoms with van der Waals surface area (Å²) in [6.07, 6.45) is 17.7. The molecule has 1 N–H and O–H groups in total. The molecular weight excluding hydrogens is 288 g/mol. The van der Waals surface area contributed by atoms with E-state index in [0.717, 1.165) is 51.4 Å². The van der Waals surface area contributed by atoms with E-state index in [9.17, 15) is 9.59 Å². The van der Waals surface area contributed by atoms with Gasteiger partial charge >= 0.3 is 5.97 Å². The van der Waals surface area contributed by atoms with Crippen LogP contribution in [-0.4, -0.2) is 16.9 Å². The molecule has 0 aromatic rings. The Morgan fingerprint density at radius 1 is 1.13 bits per heavy atom. The summed E-state index contributed by atoms with van der Waals surface area (Å²) in [6.45, 7) is 2.23. The summed E-state index contributed by atoms with van der Waals surface area (Å²) in [4.78, 5) is 22.5. The maximum atomic E-state index is 12.1. The highest BCUT2D eigenvalue weighted by molar-refractivity contribution is 5.83. The highest BCUT2D eigenvalue weighted by Crippen LogP contribution is 2.34. The average Bonchev–Trinajstić information content (AvgIpc) is 2.86. The van der Waals surface area contributed by atoms with Crippen molar-refractivity contribution in [1.29, 1.82) is 0 Å². The van der Waals surface area contributed by atoms with E-state index in [-0.39, 0.29) is 12.3 Å². The standard InChI is InChI=1S/C20H34O3/c1-2-3-4-5-6-9-12-17-15-16-19(21)18(17)13-10-7-8-11-14-20(22)23/h9,12,17-18H,2-8,10-11,13-16H2,1H3,(H,22,23)/t17-,18+/m0/s1. The Morgan fingerprint density at radius 2 is 1.87 bits per heavy atom. The lowest BCUT2D eigenvalue weighted by molar-refractivity contribution is -0.137. The van der Waals surface area contributed by atoms with Crippen LogP contribution in [0.2, 0.25) is 0 Å². The Kier molecular flexibility index (Phi) is 10.7. The molecule has 0 bridgehead atoms. The van der Waals surface area contributed by atoms with Crippen molar-refractivity contribution in [1.82, 2.24) is 0 Å². The molecule has 3 nitrogen and oxygen atoms in total. The zero-order valence-corrected chi connectivity index (χ0v) is 14.8. The van der Waals surface area contributed by atoms with Crippen LogP contribution in [0, 0.1) is 11.8 Å². The van der Waals surface area contributed by atoms with Gasteiger partial charge in [0.05, 0.1) is 0 Å². The molecule has 1 saturated carbocycles. The minimum absolute atomic E-state index is 0.223. The molecule has 1 rings (SSSR count). The number of unbranched alkanes of at least 4 members (excludes halogenated alkanes) is 7. The molecule has 1 aliphatic carbocycles. The second-order valence-corrected chi connectivity index (χ2v) is 6.90. The zero-order chi connectivity index (χ0) is 16.9. The first kappa shape index (κ1) is 19.9. The Hall–Kier alpha value is -1.12. The maximum absolute atomic E-state index is 12.1. The molecule has 0 aromatic carbocycles. The second-order valence-electron chi connectivity index (χ2n) is 6.90. The molecule has 132 valence electrons. The lowest BCUT2D eigenvalue weighted by Gasteiger charge is -2.14. The Labute approximate surface area is 141 Å². The third-order valence-electron chi connectivity index (χ3n) is 4.92. The quantitative estimate of drug-likeness (QED) is 0.358. The number of aliphatic carboxylic acids is 1. The molecule has 3 heteroatoms. The van der Waals surface area contributed by atoms with Crippen molar-refractivity contribution in [3.63, 3.8) is 0 Å². The summed E-state index contributed by atoms with van der Waals surface area (Å²) < 4.78 is 0. The van der Waals surface area contributed by atoms with E-state index in [4.69, 9.17) is 5.11 Å². The largest absolute Gasteiger partial charge is 0.481 e. The van der Waals surface area contributed by atoms with E-state index < -0.39 is 5.97 Å². The Balaban J connectivity index is 2.19. The number of carboxylic acids is 1. The van der Waals surface area contributed by atoms with Crippen LogP contribution in [0.25, 0.3) is 0 Å². The first-order valence-corrected chi connectivity index (χ1v) is 9.56. The van der Waals surface area contributed by atoms with Crippen molar-refractivity contribution in [3.05, 3.63) is 12.2 Å². The minimum atomic E-state index is -0.708. The molecular formula is C20H34O3. The van der Waals surface area contributed by atoms with E-state index in [1.54, 1.807) is 0 Å². The monoisotopic (exact) mass is 322 g/mol. The van der Waals surface area contributed by atoms with Gasteiger partial charge < -0.3 is 5.11 Å². The third-order valence-corrected chi connectivity index (χ3v) is 4.92. The van der Waals surface area contributed by atoms with Gasteiger partial charge in [0.2, 0.25) is 0 Å². The Bertz CT molecular complexity index is 373. The number of rotatable bonds is 13. The van der Waals surface area contributed by atoms with Crippen molar-refractivity contribution in [2.45, 2.75) is 90.4 Å². The number of hydrogen-bond acceptors (Lipinski definition) is 2. The summed E-state index contributed by atoms with van der Waals surface area (Å²) in [5, 5.41) is 8.61. The first-order valence-electron chi connectivity index (χ1n) is 9.56. The zero-order valence-electron chi connectivity index (χ0n) is 14.8. The van der Waals surface area contributed by atoms with E-state index in [0.29, 0.717) is 11.7 Å². The summed E-state index contributed by atoms with van der Waals surface area (Å²) in [5.74, 6) is 0.408. The summed E-state index contributed by atoms with van der Waals surface area (Å²) in [7, 11) is 0. The molecule has 0 unspecified atom stereocenters. The van der Waals surface area contributed by atoms with Crippen molar-refractivity contribution in [2.75, 3.05) is 0 Å². The van der Waals surface area contributed by atoms with Crippen molar-refractivity contribution in [2.24, 2.45) is 11.8 Å². The fourth-order valence-electron chi connectivity index (χ4n) is 3.49. The summed E-state index contributed by atoms with van der Waals surface area (Å²) in [5.41, 5.74) is 0. The molecule has 1 aliphatic rings. The molecule has 2 atom stereocenters. The van der Waals surface area contributed by atoms with Crippen LogP contribution in [0.1, 0.15) is 90.4 Å². The van der Waals surface area contributed by atoms with Crippen LogP contribution in [0.4, 0.5) is 0 Å². The number of Topliss-reactive ketones (excluding diaryl/α,β-unsaturated/α-hetero) is 1. The Morgan fingerprint density at radius 3 is 2.61 bits per heavy atom. The topological polar surface area (TPSA) is 54.4 Å². The van der Waals surface area contributed by atoms with Gasteiger partial charge in [-0.25, -0.2) is 0 Å². The summed E-state index contributed by atoms with van der Waals surface area (Å²) in [6, 6.07) is 0. The normalized spacial score (nSPS) is 21.3. The van der Waals surface area contributed by atoms with Crippen LogP contribution in [0.5, 0.6) is 0 Å². The van der Waals surface area contributed by atoms with Crippen LogP contribution < -0.4 is 0 Å². The van der Waals surface area contributed by atoms with Gasteiger partial charge in [0, 0.05) is 18.8 Å². The van der Waals surface area contributed by atoms with E-state index in [1.807, 2.05) is 0 Å². The van der Waals surface area contributed by atoms with Gasteiger partial charge in [-0.2, -0.15) is 0 Å². The van der Waals surface area contributed by atoms with Crippen molar-refractivity contribution >= 4 is 11.8 Å². The predicted octanol–water partition coefficient (Wildman–Crippen LogP) is 5.53. The maximum Gasteiger partial charge on any atom is 0.303 e. The van der Waals surface area contributed by atoms with Crippen LogP contribution in [-0.2, 0) is 9.59 Å². The smallest absolute Gasteiger partial charge is 0.303 e. The minimum Gasteiger partial charge on any atom is -0.481 e. The van der Waals surface area contributed by atoms with Gasteiger partial charge in [-0.3, -0.25) is 9.59 Å². The highest BCUT2D eigenvalue weighted by Gasteiger charge is 2.31. The van der Waals surface area contributed by atoms with Crippen LogP contribution in [0.15, 0.2) is 12.2 Å². The number of allylic oxidation sites excluding steroid dienone is 2. The fourth-order valence-corrected chi connectivity index (χ4v) is 3.49. The van der Waals surface area contributed by atoms with Crippen LogP contribution in [0.3, 0.4) is 0 Å². The molecule has 0 aliphatic heterocycles. The fraction of sp³-hybridized carbons (Fsp3) is 0.800. The molecule has 1 fully saturated rings. The summed E-state index contributed by atoms with van der Waals surface area (Å²) >= 11 is 0. The molecule has 0 amide bonds. The highest BCUT2D eigenvalue weighted by atomic mass is 16.4. The second kappa shape index (κ2) is 12.3. The van der Waals surface area contributed by atoms with Crippen molar-refractivity contribution < 1.29 is 14.7 Å². The molecule has 0 aromatic heterocycles. The first-order chi connectivity index (χ1) is 11.1. The van der Waals surface area contributed by atoms with Gasteiger partial charge in [-0.1, -0.05) is 57.6 Å².